The van der Waals surface area contributed by atoms with Crippen molar-refractivity contribution in [2.75, 3.05) is 69.2 Å². The quantitative estimate of drug-likeness (QED) is 0.413. The largest absolute Gasteiger partial charge is 0.408 e. The molecule has 8 nitrogen and oxygen atoms in total. The lowest BCUT2D eigenvalue weighted by Crippen LogP contribution is -2.44. The summed E-state index contributed by atoms with van der Waals surface area (Å²) in [6, 6.07) is 16.6. The van der Waals surface area contributed by atoms with Gasteiger partial charge in [-0.15, -0.1) is 19.6 Å². The number of ether oxygens (including phenoxy) is 1. The molecule has 1 aliphatic rings. The van der Waals surface area contributed by atoms with Gasteiger partial charge >= 0.3 is 5.95 Å². The van der Waals surface area contributed by atoms with Crippen molar-refractivity contribution in [1.29, 1.82) is 0 Å². The van der Waals surface area contributed by atoms with Gasteiger partial charge in [0, 0.05) is 39.6 Å². The normalized spacial score (nSPS) is 14.4. The predicted molar refractivity (Wildman–Crippen MR) is 135 cm³/mol. The van der Waals surface area contributed by atoms with Gasteiger partial charge in [-0.25, -0.2) is 0 Å². The summed E-state index contributed by atoms with van der Waals surface area (Å²) in [6.07, 6.45) is 7.61. The Morgan fingerprint density at radius 1 is 0.818 bits per heavy atom. The molecule has 0 radical (unpaired) electrons. The first-order valence-electron chi connectivity index (χ1n) is 11.1. The first kappa shape index (κ1) is 22.5. The highest BCUT2D eigenvalue weighted by Crippen LogP contribution is 2.15. The van der Waals surface area contributed by atoms with Crippen molar-refractivity contribution in [2.24, 2.45) is 10.2 Å². The molecule has 1 aliphatic heterocycles. The summed E-state index contributed by atoms with van der Waals surface area (Å²) in [4.78, 5) is 6.42. The van der Waals surface area contributed by atoms with Crippen LogP contribution in [0.3, 0.4) is 0 Å². The molecule has 172 valence electrons. The van der Waals surface area contributed by atoms with Gasteiger partial charge in [-0.2, -0.15) is 0 Å². The number of rotatable bonds is 7. The summed E-state index contributed by atoms with van der Waals surface area (Å²) in [6.45, 7) is 2.97. The Kier molecular flexibility index (Phi) is 7.04. The number of benzene rings is 2. The van der Waals surface area contributed by atoms with Crippen LogP contribution in [-0.2, 0) is 4.74 Å². The molecule has 1 aromatic heterocycles. The van der Waals surface area contributed by atoms with Crippen LogP contribution in [0, 0.1) is 0 Å². The Morgan fingerprint density at radius 2 is 1.36 bits per heavy atom. The monoisotopic (exact) mass is 446 g/mol. The number of aromatic nitrogens is 2. The fourth-order valence-electron chi connectivity index (χ4n) is 3.57. The van der Waals surface area contributed by atoms with E-state index in [0.717, 1.165) is 41.5 Å². The van der Waals surface area contributed by atoms with Crippen molar-refractivity contribution in [3.05, 3.63) is 72.1 Å². The number of hydrogen-bond donors (Lipinski definition) is 0. The van der Waals surface area contributed by atoms with Crippen molar-refractivity contribution in [3.8, 4) is 0 Å². The van der Waals surface area contributed by atoms with Gasteiger partial charge in [0.25, 0.3) is 0 Å². The fourth-order valence-corrected chi connectivity index (χ4v) is 3.57. The second-order valence-electron chi connectivity index (χ2n) is 8.35. The third kappa shape index (κ3) is 5.59. The van der Waals surface area contributed by atoms with E-state index < -0.39 is 0 Å². The fraction of sp³-hybridized carbons (Fsp3) is 0.320. The third-order valence-electron chi connectivity index (χ3n) is 5.53. The standard InChI is InChI=1S/C25H32N7O/c1-28(2)23-9-5-21(6-10-23)19-26-31-13-14-32(25(31)30-15-17-33-18-16-30)27-20-22-7-11-24(12-8-22)29(3)4/h5-14,19-20H,15-18H2,1-4H3/q+1/b26-19+,27-20+. The molecule has 0 bridgehead atoms. The van der Waals surface area contributed by atoms with Gasteiger partial charge in [-0.05, 0) is 35.4 Å². The van der Waals surface area contributed by atoms with Crippen LogP contribution in [0.15, 0.2) is 71.1 Å². The molecular weight excluding hydrogens is 414 g/mol. The second kappa shape index (κ2) is 10.3. The SMILES string of the molecule is CN(C)c1ccc(/C=N/n2cc[n+](/N=C/c3ccc(N(C)C)cc3)c2N2CCOCC2)cc1. The lowest BCUT2D eigenvalue weighted by molar-refractivity contribution is -0.665. The number of hydrogen-bond acceptors (Lipinski definition) is 6. The molecule has 0 spiro atoms. The van der Waals surface area contributed by atoms with E-state index in [2.05, 4.69) is 63.2 Å². The minimum absolute atomic E-state index is 0.691. The van der Waals surface area contributed by atoms with Crippen LogP contribution >= 0.6 is 0 Å². The molecule has 0 unspecified atom stereocenters. The van der Waals surface area contributed by atoms with E-state index in [-0.39, 0.29) is 0 Å². The number of anilines is 3. The van der Waals surface area contributed by atoms with Gasteiger partial charge in [0.15, 0.2) is 0 Å². The number of imidazole rings is 1. The van der Waals surface area contributed by atoms with Crippen LogP contribution in [0.4, 0.5) is 17.3 Å². The van der Waals surface area contributed by atoms with Gasteiger partial charge < -0.3 is 14.5 Å². The summed E-state index contributed by atoms with van der Waals surface area (Å²) < 4.78 is 9.30. The summed E-state index contributed by atoms with van der Waals surface area (Å²) in [5, 5.41) is 9.46. The van der Waals surface area contributed by atoms with Crippen molar-refractivity contribution in [1.82, 2.24) is 4.68 Å². The van der Waals surface area contributed by atoms with E-state index in [4.69, 9.17) is 14.9 Å². The highest BCUT2D eigenvalue weighted by Gasteiger charge is 2.27. The van der Waals surface area contributed by atoms with Crippen LogP contribution in [0.1, 0.15) is 11.1 Å². The summed E-state index contributed by atoms with van der Waals surface area (Å²) in [5.41, 5.74) is 4.40. The molecule has 0 atom stereocenters. The van der Waals surface area contributed by atoms with Gasteiger partial charge in [0.1, 0.15) is 12.4 Å². The lowest BCUT2D eigenvalue weighted by atomic mass is 10.2. The van der Waals surface area contributed by atoms with Gasteiger partial charge in [0.05, 0.1) is 38.7 Å². The molecule has 0 aliphatic carbocycles. The smallest absolute Gasteiger partial charge is 0.378 e. The van der Waals surface area contributed by atoms with E-state index in [1.807, 2.05) is 62.4 Å². The number of morpholine rings is 1. The van der Waals surface area contributed by atoms with Gasteiger partial charge in [0.2, 0.25) is 0 Å². The maximum atomic E-state index is 5.55. The molecule has 0 saturated carbocycles. The number of nitrogens with zero attached hydrogens (tertiary/aromatic N) is 7. The summed E-state index contributed by atoms with van der Waals surface area (Å²) in [5.74, 6) is 0.903. The van der Waals surface area contributed by atoms with E-state index in [9.17, 15) is 0 Å². The molecule has 2 heterocycles. The van der Waals surface area contributed by atoms with Crippen LogP contribution in [-0.4, -0.2) is 71.6 Å². The molecule has 8 heteroatoms. The molecule has 4 rings (SSSR count). The topological polar surface area (TPSA) is 52.5 Å². The highest BCUT2D eigenvalue weighted by atomic mass is 16.5. The van der Waals surface area contributed by atoms with E-state index in [1.165, 1.54) is 0 Å². The van der Waals surface area contributed by atoms with Crippen molar-refractivity contribution in [3.63, 3.8) is 0 Å². The average molecular weight is 447 g/mol. The molecule has 33 heavy (non-hydrogen) atoms. The summed E-state index contributed by atoms with van der Waals surface area (Å²) in [7, 11) is 8.14. The van der Waals surface area contributed by atoms with E-state index in [0.29, 0.717) is 13.2 Å². The zero-order chi connectivity index (χ0) is 23.2. The Balaban J connectivity index is 1.59. The lowest BCUT2D eigenvalue weighted by Gasteiger charge is -2.22. The molecule has 0 amide bonds. The Hall–Kier alpha value is -3.65. The zero-order valence-corrected chi connectivity index (χ0v) is 19.8. The highest BCUT2D eigenvalue weighted by molar-refractivity contribution is 5.80. The maximum absolute atomic E-state index is 5.55. The predicted octanol–water partition coefficient (Wildman–Crippen LogP) is 2.51. The van der Waals surface area contributed by atoms with Crippen LogP contribution in [0.2, 0.25) is 0 Å². The molecule has 1 saturated heterocycles. The molecular formula is C25H32N7O+. The van der Waals surface area contributed by atoms with Crippen molar-refractivity contribution >= 4 is 29.8 Å². The molecule has 1 fully saturated rings. The average Bonchev–Trinajstić information content (AvgIpc) is 3.25. The van der Waals surface area contributed by atoms with Gasteiger partial charge in [-0.3, -0.25) is 4.90 Å². The van der Waals surface area contributed by atoms with Crippen molar-refractivity contribution in [2.45, 2.75) is 0 Å². The second-order valence-corrected chi connectivity index (χ2v) is 8.35. The van der Waals surface area contributed by atoms with Crippen LogP contribution in [0.5, 0.6) is 0 Å². The Labute approximate surface area is 195 Å². The minimum atomic E-state index is 0.691. The zero-order valence-electron chi connectivity index (χ0n) is 19.8. The molecule has 2 aromatic carbocycles. The molecule has 0 N–H and O–H groups in total. The Bertz CT molecular complexity index is 1010. The van der Waals surface area contributed by atoms with Crippen molar-refractivity contribution < 1.29 is 9.41 Å². The van der Waals surface area contributed by atoms with Crippen LogP contribution in [0.25, 0.3) is 0 Å². The van der Waals surface area contributed by atoms with Crippen LogP contribution < -0.4 is 19.4 Å². The third-order valence-corrected chi connectivity index (χ3v) is 5.53. The van der Waals surface area contributed by atoms with Gasteiger partial charge in [-0.1, -0.05) is 24.3 Å². The maximum Gasteiger partial charge on any atom is 0.408 e. The minimum Gasteiger partial charge on any atom is -0.378 e. The first-order valence-corrected chi connectivity index (χ1v) is 11.1. The molecule has 3 aromatic rings. The van der Waals surface area contributed by atoms with E-state index >= 15 is 0 Å². The summed E-state index contributed by atoms with van der Waals surface area (Å²) >= 11 is 0. The Morgan fingerprint density at radius 3 is 1.91 bits per heavy atom. The van der Waals surface area contributed by atoms with E-state index in [1.54, 1.807) is 0 Å². The first-order chi connectivity index (χ1) is 16.0.